The molecule has 0 spiro atoms. The SMILES string of the molecule is COc1ccc(C(=O)N2C[C@H](Oc3ncccc3C(C)(C)O)CC[C@H]2C)c(C2CC2)c1. The van der Waals surface area contributed by atoms with Crippen molar-refractivity contribution in [1.29, 1.82) is 0 Å². The number of rotatable bonds is 6. The van der Waals surface area contributed by atoms with Crippen molar-refractivity contribution in [3.63, 3.8) is 0 Å². The van der Waals surface area contributed by atoms with Gasteiger partial charge in [-0.2, -0.15) is 0 Å². The van der Waals surface area contributed by atoms with Crippen LogP contribution in [0.4, 0.5) is 0 Å². The lowest BCUT2D eigenvalue weighted by molar-refractivity contribution is 0.0325. The van der Waals surface area contributed by atoms with Gasteiger partial charge in [-0.15, -0.1) is 0 Å². The Morgan fingerprint density at radius 1 is 1.19 bits per heavy atom. The molecular formula is C25H32N2O4. The van der Waals surface area contributed by atoms with Crippen LogP contribution in [-0.4, -0.2) is 46.7 Å². The molecule has 31 heavy (non-hydrogen) atoms. The van der Waals surface area contributed by atoms with Crippen LogP contribution in [0, 0.1) is 0 Å². The fourth-order valence-electron chi connectivity index (χ4n) is 4.31. The van der Waals surface area contributed by atoms with Gasteiger partial charge in [0.05, 0.1) is 19.3 Å². The number of aliphatic hydroxyl groups is 1. The molecule has 2 aliphatic rings. The van der Waals surface area contributed by atoms with Crippen LogP contribution in [-0.2, 0) is 5.60 Å². The molecule has 2 heterocycles. The summed E-state index contributed by atoms with van der Waals surface area (Å²) in [5.41, 5.74) is 1.46. The van der Waals surface area contributed by atoms with Crippen molar-refractivity contribution in [2.75, 3.05) is 13.7 Å². The molecule has 1 aromatic heterocycles. The van der Waals surface area contributed by atoms with Crippen LogP contribution < -0.4 is 9.47 Å². The van der Waals surface area contributed by atoms with Gasteiger partial charge in [-0.25, -0.2) is 4.98 Å². The predicted molar refractivity (Wildman–Crippen MR) is 119 cm³/mol. The van der Waals surface area contributed by atoms with Gasteiger partial charge in [0.1, 0.15) is 11.9 Å². The Labute approximate surface area is 184 Å². The summed E-state index contributed by atoms with van der Waals surface area (Å²) in [6.07, 6.45) is 5.43. The first-order chi connectivity index (χ1) is 14.8. The molecule has 2 fully saturated rings. The minimum atomic E-state index is -1.05. The van der Waals surface area contributed by atoms with Crippen LogP contribution in [0.5, 0.6) is 11.6 Å². The molecule has 0 unspecified atom stereocenters. The van der Waals surface area contributed by atoms with E-state index in [1.54, 1.807) is 33.2 Å². The molecule has 6 heteroatoms. The zero-order chi connectivity index (χ0) is 22.2. The Morgan fingerprint density at radius 3 is 2.65 bits per heavy atom. The van der Waals surface area contributed by atoms with Gasteiger partial charge in [-0.1, -0.05) is 0 Å². The lowest BCUT2D eigenvalue weighted by atomic mass is 9.96. The maximum atomic E-state index is 13.6. The summed E-state index contributed by atoms with van der Waals surface area (Å²) >= 11 is 0. The number of methoxy groups -OCH3 is 1. The van der Waals surface area contributed by atoms with Gasteiger partial charge in [0, 0.05) is 23.4 Å². The summed E-state index contributed by atoms with van der Waals surface area (Å²) in [5, 5.41) is 10.5. The van der Waals surface area contributed by atoms with Gasteiger partial charge >= 0.3 is 0 Å². The number of likely N-dealkylation sites (tertiary alicyclic amines) is 1. The number of piperidine rings is 1. The average Bonchev–Trinajstić information content (AvgIpc) is 3.59. The fraction of sp³-hybridized carbons (Fsp3) is 0.520. The molecule has 0 radical (unpaired) electrons. The second-order valence-corrected chi connectivity index (χ2v) is 9.27. The molecule has 1 aliphatic carbocycles. The van der Waals surface area contributed by atoms with Crippen molar-refractivity contribution in [2.24, 2.45) is 0 Å². The minimum absolute atomic E-state index is 0.0501. The number of hydrogen-bond acceptors (Lipinski definition) is 5. The van der Waals surface area contributed by atoms with Gasteiger partial charge in [0.2, 0.25) is 5.88 Å². The minimum Gasteiger partial charge on any atom is -0.497 e. The van der Waals surface area contributed by atoms with Crippen LogP contribution in [0.3, 0.4) is 0 Å². The summed E-state index contributed by atoms with van der Waals surface area (Å²) < 4.78 is 11.6. The Kier molecular flexibility index (Phi) is 5.93. The molecule has 1 aliphatic heterocycles. The van der Waals surface area contributed by atoms with E-state index in [0.717, 1.165) is 42.6 Å². The van der Waals surface area contributed by atoms with E-state index < -0.39 is 5.60 Å². The molecule has 2 atom stereocenters. The maximum absolute atomic E-state index is 13.6. The van der Waals surface area contributed by atoms with E-state index >= 15 is 0 Å². The summed E-state index contributed by atoms with van der Waals surface area (Å²) in [4.78, 5) is 19.8. The van der Waals surface area contributed by atoms with Crippen molar-refractivity contribution < 1.29 is 19.4 Å². The van der Waals surface area contributed by atoms with Gasteiger partial charge in [-0.3, -0.25) is 4.79 Å². The lowest BCUT2D eigenvalue weighted by Crippen LogP contribution is -2.49. The highest BCUT2D eigenvalue weighted by atomic mass is 16.5. The molecule has 0 bridgehead atoms. The molecule has 4 rings (SSSR count). The largest absolute Gasteiger partial charge is 0.497 e. The smallest absolute Gasteiger partial charge is 0.254 e. The lowest BCUT2D eigenvalue weighted by Gasteiger charge is -2.38. The van der Waals surface area contributed by atoms with Gasteiger partial charge in [0.15, 0.2) is 0 Å². The van der Waals surface area contributed by atoms with E-state index in [0.29, 0.717) is 23.9 Å². The summed E-state index contributed by atoms with van der Waals surface area (Å²) in [6, 6.07) is 9.54. The Bertz CT molecular complexity index is 949. The average molecular weight is 425 g/mol. The van der Waals surface area contributed by atoms with Gasteiger partial charge < -0.3 is 19.5 Å². The topological polar surface area (TPSA) is 71.9 Å². The second kappa shape index (κ2) is 8.50. The van der Waals surface area contributed by atoms with Crippen molar-refractivity contribution in [1.82, 2.24) is 9.88 Å². The van der Waals surface area contributed by atoms with E-state index in [1.807, 2.05) is 29.2 Å². The second-order valence-electron chi connectivity index (χ2n) is 9.27. The first-order valence-electron chi connectivity index (χ1n) is 11.1. The number of benzene rings is 1. The van der Waals surface area contributed by atoms with Crippen molar-refractivity contribution >= 4 is 5.91 Å². The maximum Gasteiger partial charge on any atom is 0.254 e. The van der Waals surface area contributed by atoms with E-state index in [4.69, 9.17) is 9.47 Å². The van der Waals surface area contributed by atoms with Gasteiger partial charge in [-0.05, 0) is 88.3 Å². The van der Waals surface area contributed by atoms with E-state index in [2.05, 4.69) is 11.9 Å². The van der Waals surface area contributed by atoms with Crippen LogP contribution in [0.15, 0.2) is 36.5 Å². The molecule has 166 valence electrons. The van der Waals surface area contributed by atoms with Crippen LogP contribution in [0.25, 0.3) is 0 Å². The van der Waals surface area contributed by atoms with E-state index in [1.165, 1.54) is 0 Å². The highest BCUT2D eigenvalue weighted by Crippen LogP contribution is 2.43. The predicted octanol–water partition coefficient (Wildman–Crippen LogP) is 4.27. The van der Waals surface area contributed by atoms with E-state index in [9.17, 15) is 9.90 Å². The molecule has 1 N–H and O–H groups in total. The summed E-state index contributed by atoms with van der Waals surface area (Å²) in [5.74, 6) is 1.73. The number of amides is 1. The Morgan fingerprint density at radius 2 is 1.97 bits per heavy atom. The van der Waals surface area contributed by atoms with Crippen molar-refractivity contribution in [2.45, 2.75) is 70.1 Å². The molecule has 2 aromatic rings. The monoisotopic (exact) mass is 424 g/mol. The Hall–Kier alpha value is -2.60. The first-order valence-corrected chi connectivity index (χ1v) is 11.1. The highest BCUT2D eigenvalue weighted by Gasteiger charge is 2.35. The van der Waals surface area contributed by atoms with Crippen molar-refractivity contribution in [3.8, 4) is 11.6 Å². The summed E-state index contributed by atoms with van der Waals surface area (Å²) in [7, 11) is 1.65. The number of aromatic nitrogens is 1. The quantitative estimate of drug-likeness (QED) is 0.750. The van der Waals surface area contributed by atoms with Crippen molar-refractivity contribution in [3.05, 3.63) is 53.2 Å². The first kappa shape index (κ1) is 21.6. The third-order valence-electron chi connectivity index (χ3n) is 6.31. The number of hydrogen-bond donors (Lipinski definition) is 1. The number of pyridine rings is 1. The molecule has 1 saturated carbocycles. The molecule has 6 nitrogen and oxygen atoms in total. The summed E-state index contributed by atoms with van der Waals surface area (Å²) in [6.45, 7) is 6.03. The fourth-order valence-corrected chi connectivity index (χ4v) is 4.31. The molecule has 1 aromatic carbocycles. The number of ether oxygens (including phenoxy) is 2. The van der Waals surface area contributed by atoms with Crippen LogP contribution in [0.2, 0.25) is 0 Å². The van der Waals surface area contributed by atoms with Gasteiger partial charge in [0.25, 0.3) is 5.91 Å². The molecule has 1 saturated heterocycles. The zero-order valence-electron chi connectivity index (χ0n) is 18.8. The highest BCUT2D eigenvalue weighted by molar-refractivity contribution is 5.96. The number of carbonyl (C=O) groups is 1. The van der Waals surface area contributed by atoms with Crippen LogP contribution in [0.1, 0.15) is 73.9 Å². The normalized spacial score (nSPS) is 21.6. The standard InChI is InChI=1S/C25H32N2O4/c1-16-7-10-19(31-23-22(25(2,3)29)6-5-13-26-23)15-27(16)24(28)20-12-11-18(30-4)14-21(20)17-8-9-17/h5-6,11-14,16-17,19,29H,7-10,15H2,1-4H3/t16-,19-/m1/s1. The third-order valence-corrected chi connectivity index (χ3v) is 6.31. The molecular weight excluding hydrogens is 392 g/mol. The van der Waals surface area contributed by atoms with E-state index in [-0.39, 0.29) is 18.1 Å². The van der Waals surface area contributed by atoms with Crippen LogP contribution >= 0.6 is 0 Å². The number of nitrogens with zero attached hydrogens (tertiary/aromatic N) is 2. The molecule has 1 amide bonds. The number of carbonyl (C=O) groups excluding carboxylic acids is 1. The zero-order valence-corrected chi connectivity index (χ0v) is 18.8. The third kappa shape index (κ3) is 4.69. The Balaban J connectivity index is 1.55.